The fraction of sp³-hybridized carbons (Fsp3) is 0.154. The number of amides is 1. The Labute approximate surface area is 247 Å². The van der Waals surface area contributed by atoms with Crippen molar-refractivity contribution in [3.8, 4) is 5.75 Å². The predicted molar refractivity (Wildman–Crippen MR) is 163 cm³/mol. The Hall–Kier alpha value is -2.39. The Morgan fingerprint density at radius 2 is 1.95 bits per heavy atom. The summed E-state index contributed by atoms with van der Waals surface area (Å²) < 4.78 is 22.8. The van der Waals surface area contributed by atoms with Crippen LogP contribution in [0.15, 0.2) is 69.0 Å². The van der Waals surface area contributed by atoms with E-state index in [1.807, 2.05) is 31.2 Å². The van der Waals surface area contributed by atoms with Crippen LogP contribution in [0.1, 0.15) is 24.7 Å². The highest BCUT2D eigenvalue weighted by atomic mass is 127. The Morgan fingerprint density at radius 3 is 2.65 bits per heavy atom. The third-order valence-corrected chi connectivity index (χ3v) is 7.24. The molecule has 1 amide bonds. The van der Waals surface area contributed by atoms with Crippen molar-refractivity contribution in [2.24, 2.45) is 5.10 Å². The van der Waals surface area contributed by atoms with Gasteiger partial charge in [-0.25, -0.2) is 9.37 Å². The number of rotatable bonds is 8. The van der Waals surface area contributed by atoms with Crippen LogP contribution in [0.3, 0.4) is 0 Å². The van der Waals surface area contributed by atoms with Gasteiger partial charge in [-0.3, -0.25) is 9.59 Å². The number of halogens is 4. The van der Waals surface area contributed by atoms with Gasteiger partial charge in [0, 0.05) is 16.6 Å². The zero-order chi connectivity index (χ0) is 26.5. The first kappa shape index (κ1) is 27.6. The molecular weight excluding hydrogens is 769 g/mol. The number of carbonyl (C=O) groups is 1. The molecule has 0 unspecified atom stereocenters. The number of fused-ring (bicyclic) bond motifs is 1. The van der Waals surface area contributed by atoms with E-state index in [4.69, 9.17) is 4.74 Å². The van der Waals surface area contributed by atoms with Crippen molar-refractivity contribution in [2.75, 3.05) is 11.9 Å². The molecule has 7 nitrogen and oxygen atoms in total. The number of hydrogen-bond acceptors (Lipinski definition) is 5. The second kappa shape index (κ2) is 12.4. The Balaban J connectivity index is 1.54. The summed E-state index contributed by atoms with van der Waals surface area (Å²) in [6.45, 7) is 1.79. The zero-order valence-electron chi connectivity index (χ0n) is 19.5. The number of nitrogens with zero attached hydrogens (tertiary/aromatic N) is 3. The van der Waals surface area contributed by atoms with Crippen molar-refractivity contribution in [3.05, 3.63) is 93.8 Å². The summed E-state index contributed by atoms with van der Waals surface area (Å²) in [6, 6.07) is 14.8. The lowest BCUT2D eigenvalue weighted by atomic mass is 10.2. The van der Waals surface area contributed by atoms with Gasteiger partial charge in [-0.15, -0.1) is 0 Å². The number of carbonyl (C=O) groups excluding carboxylic acids is 1. The first-order valence-electron chi connectivity index (χ1n) is 11.2. The minimum atomic E-state index is -0.434. The van der Waals surface area contributed by atoms with Crippen LogP contribution in [0, 0.1) is 13.0 Å². The topological polar surface area (TPSA) is 85.6 Å². The molecule has 0 saturated heterocycles. The maximum Gasteiger partial charge on any atom is 0.282 e. The molecule has 0 bridgehead atoms. The van der Waals surface area contributed by atoms with Crippen LogP contribution in [-0.4, -0.2) is 28.4 Å². The van der Waals surface area contributed by atoms with E-state index in [0.717, 1.165) is 23.6 Å². The van der Waals surface area contributed by atoms with Crippen LogP contribution in [0.4, 0.5) is 10.1 Å². The van der Waals surface area contributed by atoms with Gasteiger partial charge in [0.05, 0.1) is 24.3 Å². The largest absolute Gasteiger partial charge is 0.482 e. The van der Waals surface area contributed by atoms with Crippen molar-refractivity contribution >= 4 is 89.8 Å². The SMILES string of the molecule is CCCc1nc2ccc(Br)cc2c(=O)n1N=Cc1cc(I)c(OCC(=O)Nc2cccc(F)c2)c(I)c1. The van der Waals surface area contributed by atoms with Gasteiger partial charge in [0.25, 0.3) is 11.5 Å². The third-order valence-electron chi connectivity index (χ3n) is 5.15. The number of nitrogens with one attached hydrogen (secondary N) is 1. The molecule has 3 aromatic carbocycles. The molecule has 1 aromatic heterocycles. The summed E-state index contributed by atoms with van der Waals surface area (Å²) in [5.41, 5.74) is 1.52. The van der Waals surface area contributed by atoms with Gasteiger partial charge in [0.1, 0.15) is 17.4 Å². The lowest BCUT2D eigenvalue weighted by molar-refractivity contribution is -0.118. The molecule has 37 heavy (non-hydrogen) atoms. The molecule has 0 atom stereocenters. The van der Waals surface area contributed by atoms with Crippen molar-refractivity contribution in [2.45, 2.75) is 19.8 Å². The highest BCUT2D eigenvalue weighted by Gasteiger charge is 2.13. The highest BCUT2D eigenvalue weighted by molar-refractivity contribution is 14.1. The molecule has 4 rings (SSSR count). The van der Waals surface area contributed by atoms with Gasteiger partial charge in [-0.1, -0.05) is 28.9 Å². The molecule has 0 radical (unpaired) electrons. The fourth-order valence-electron chi connectivity index (χ4n) is 3.52. The first-order valence-corrected chi connectivity index (χ1v) is 14.1. The molecule has 0 saturated carbocycles. The van der Waals surface area contributed by atoms with Gasteiger partial charge < -0.3 is 10.1 Å². The summed E-state index contributed by atoms with van der Waals surface area (Å²) in [6.07, 6.45) is 3.04. The standard InChI is InChI=1S/C26H20BrFI2N4O3/c1-2-4-23-33-22-8-7-16(27)11-19(22)26(36)34(23)31-13-15-9-20(29)25(21(30)10-15)37-14-24(35)32-18-6-3-5-17(28)12-18/h3,5-13H,2,4,14H2,1H3,(H,32,35). The van der Waals surface area contributed by atoms with Crippen LogP contribution < -0.4 is 15.6 Å². The number of benzene rings is 3. The quantitative estimate of drug-likeness (QED) is 0.167. The normalized spacial score (nSPS) is 11.3. The number of aromatic nitrogens is 2. The van der Waals surface area contributed by atoms with E-state index in [0.29, 0.717) is 34.6 Å². The minimum Gasteiger partial charge on any atom is -0.482 e. The fourth-order valence-corrected chi connectivity index (χ4v) is 6.01. The van der Waals surface area contributed by atoms with E-state index >= 15 is 0 Å². The highest BCUT2D eigenvalue weighted by Crippen LogP contribution is 2.28. The maximum absolute atomic E-state index is 13.3. The van der Waals surface area contributed by atoms with Crippen molar-refractivity contribution in [1.82, 2.24) is 9.66 Å². The summed E-state index contributed by atoms with van der Waals surface area (Å²) in [7, 11) is 0. The van der Waals surface area contributed by atoms with Gasteiger partial charge >= 0.3 is 0 Å². The Bertz CT molecular complexity index is 1550. The number of aryl methyl sites for hydroxylation is 1. The van der Waals surface area contributed by atoms with Gasteiger partial charge in [0.2, 0.25) is 0 Å². The Kier molecular flexibility index (Phi) is 9.29. The number of ether oxygens (including phenoxy) is 1. The molecule has 0 aliphatic rings. The van der Waals surface area contributed by atoms with Crippen molar-refractivity contribution in [1.29, 1.82) is 0 Å². The lowest BCUT2D eigenvalue weighted by Gasteiger charge is -2.12. The van der Waals surface area contributed by atoms with Crippen LogP contribution >= 0.6 is 61.1 Å². The molecule has 1 heterocycles. The van der Waals surface area contributed by atoms with E-state index in [1.165, 1.54) is 22.9 Å². The molecule has 1 N–H and O–H groups in total. The predicted octanol–water partition coefficient (Wildman–Crippen LogP) is 6.36. The average molecular weight is 789 g/mol. The zero-order valence-corrected chi connectivity index (χ0v) is 25.4. The molecule has 4 aromatic rings. The molecule has 0 aliphatic carbocycles. The molecule has 190 valence electrons. The van der Waals surface area contributed by atoms with Gasteiger partial charge in [-0.05, 0) is 106 Å². The van der Waals surface area contributed by atoms with Crippen LogP contribution in [0.2, 0.25) is 0 Å². The lowest BCUT2D eigenvalue weighted by Crippen LogP contribution is -2.22. The molecule has 0 fully saturated rings. The minimum absolute atomic E-state index is 0.232. The number of hydrogen-bond donors (Lipinski definition) is 1. The molecular formula is C26H20BrFI2N4O3. The van der Waals surface area contributed by atoms with E-state index in [2.05, 4.69) is 76.5 Å². The molecule has 11 heteroatoms. The molecule has 0 spiro atoms. The van der Waals surface area contributed by atoms with E-state index < -0.39 is 11.7 Å². The molecule has 0 aliphatic heterocycles. The summed E-state index contributed by atoms with van der Waals surface area (Å²) in [4.78, 5) is 30.1. The smallest absolute Gasteiger partial charge is 0.282 e. The summed E-state index contributed by atoms with van der Waals surface area (Å²) in [5.74, 6) is 0.304. The van der Waals surface area contributed by atoms with E-state index in [-0.39, 0.29) is 12.2 Å². The van der Waals surface area contributed by atoms with Gasteiger partial charge in [0.15, 0.2) is 6.61 Å². The van der Waals surface area contributed by atoms with E-state index in [9.17, 15) is 14.0 Å². The summed E-state index contributed by atoms with van der Waals surface area (Å²) >= 11 is 7.66. The van der Waals surface area contributed by atoms with Crippen LogP contribution in [0.25, 0.3) is 10.9 Å². The number of anilines is 1. The average Bonchev–Trinajstić information content (AvgIpc) is 2.84. The van der Waals surface area contributed by atoms with Crippen LogP contribution in [0.5, 0.6) is 5.75 Å². The maximum atomic E-state index is 13.3. The van der Waals surface area contributed by atoms with Crippen molar-refractivity contribution in [3.63, 3.8) is 0 Å². The first-order chi connectivity index (χ1) is 17.7. The third kappa shape index (κ3) is 6.93. The van der Waals surface area contributed by atoms with E-state index in [1.54, 1.807) is 18.3 Å². The van der Waals surface area contributed by atoms with Gasteiger partial charge in [-0.2, -0.15) is 9.78 Å². The van der Waals surface area contributed by atoms with Crippen LogP contribution in [-0.2, 0) is 11.2 Å². The summed E-state index contributed by atoms with van der Waals surface area (Å²) in [5, 5.41) is 7.56. The monoisotopic (exact) mass is 788 g/mol. The Morgan fingerprint density at radius 1 is 1.19 bits per heavy atom. The second-order valence-corrected chi connectivity index (χ2v) is 11.2. The second-order valence-electron chi connectivity index (χ2n) is 7.96. The van der Waals surface area contributed by atoms with Crippen molar-refractivity contribution < 1.29 is 13.9 Å².